The van der Waals surface area contributed by atoms with Crippen molar-refractivity contribution in [3.05, 3.63) is 24.3 Å². The van der Waals surface area contributed by atoms with Gasteiger partial charge in [0.1, 0.15) is 0 Å². The lowest BCUT2D eigenvalue weighted by atomic mass is 9.88. The number of likely N-dealkylation sites (tertiary alicyclic amines) is 1. The molecular weight excluding hydrogens is 344 g/mol. The van der Waals surface area contributed by atoms with Gasteiger partial charge in [-0.05, 0) is 44.2 Å². The van der Waals surface area contributed by atoms with Crippen molar-refractivity contribution < 1.29 is 13.7 Å². The molecule has 0 aliphatic carbocycles. The van der Waals surface area contributed by atoms with E-state index in [2.05, 4.69) is 48.1 Å². The number of furan rings is 1. The van der Waals surface area contributed by atoms with Crippen LogP contribution in [0.15, 0.2) is 27.3 Å². The SMILES string of the molecule is CC1CC(C)CN(C(C)(C)CNC(=O)CCc2nc(-c3ccco3)no2)C1. The number of carbonyl (C=O) groups is 1. The minimum Gasteiger partial charge on any atom is -0.461 e. The molecule has 1 aliphatic rings. The highest BCUT2D eigenvalue weighted by Crippen LogP contribution is 2.26. The molecule has 1 N–H and O–H groups in total. The molecular formula is C20H30N4O3. The molecule has 1 aliphatic heterocycles. The highest BCUT2D eigenvalue weighted by molar-refractivity contribution is 5.76. The van der Waals surface area contributed by atoms with Crippen LogP contribution in [0, 0.1) is 11.8 Å². The molecule has 1 saturated heterocycles. The molecule has 2 aromatic rings. The van der Waals surface area contributed by atoms with Crippen molar-refractivity contribution in [2.75, 3.05) is 19.6 Å². The van der Waals surface area contributed by atoms with Crippen molar-refractivity contribution in [1.82, 2.24) is 20.4 Å². The smallest absolute Gasteiger partial charge is 0.238 e. The molecule has 0 saturated carbocycles. The summed E-state index contributed by atoms with van der Waals surface area (Å²) in [5, 5.41) is 6.94. The summed E-state index contributed by atoms with van der Waals surface area (Å²) < 4.78 is 10.4. The molecule has 27 heavy (non-hydrogen) atoms. The van der Waals surface area contributed by atoms with Crippen LogP contribution in [0.3, 0.4) is 0 Å². The van der Waals surface area contributed by atoms with Crippen molar-refractivity contribution in [2.45, 2.75) is 52.5 Å². The van der Waals surface area contributed by atoms with Gasteiger partial charge in [0.25, 0.3) is 0 Å². The second-order valence-electron chi connectivity index (χ2n) is 8.43. The van der Waals surface area contributed by atoms with Gasteiger partial charge in [0.15, 0.2) is 5.76 Å². The van der Waals surface area contributed by atoms with Gasteiger partial charge in [-0.15, -0.1) is 0 Å². The Labute approximate surface area is 160 Å². The number of amides is 1. The Morgan fingerprint density at radius 3 is 2.74 bits per heavy atom. The molecule has 7 heteroatoms. The van der Waals surface area contributed by atoms with E-state index in [4.69, 9.17) is 8.94 Å². The summed E-state index contributed by atoms with van der Waals surface area (Å²) >= 11 is 0. The van der Waals surface area contributed by atoms with E-state index >= 15 is 0 Å². The Bertz CT molecular complexity index is 728. The summed E-state index contributed by atoms with van der Waals surface area (Å²) in [6.07, 6.45) is 3.58. The summed E-state index contributed by atoms with van der Waals surface area (Å²) in [7, 11) is 0. The summed E-state index contributed by atoms with van der Waals surface area (Å²) in [6, 6.07) is 3.54. The fourth-order valence-corrected chi connectivity index (χ4v) is 3.76. The van der Waals surface area contributed by atoms with Crippen molar-refractivity contribution in [2.24, 2.45) is 11.8 Å². The minimum atomic E-state index is -0.0600. The molecule has 0 spiro atoms. The van der Waals surface area contributed by atoms with E-state index in [-0.39, 0.29) is 11.4 Å². The number of hydrogen-bond donors (Lipinski definition) is 1. The normalized spacial score (nSPS) is 21.3. The summed E-state index contributed by atoms with van der Waals surface area (Å²) in [5.41, 5.74) is -0.0600. The second-order valence-corrected chi connectivity index (χ2v) is 8.43. The van der Waals surface area contributed by atoms with Gasteiger partial charge in [-0.3, -0.25) is 9.69 Å². The first-order valence-electron chi connectivity index (χ1n) is 9.71. The third-order valence-electron chi connectivity index (χ3n) is 5.22. The van der Waals surface area contributed by atoms with Crippen LogP contribution in [0.25, 0.3) is 11.6 Å². The monoisotopic (exact) mass is 374 g/mol. The van der Waals surface area contributed by atoms with Gasteiger partial charge in [0.2, 0.25) is 17.6 Å². The molecule has 1 fully saturated rings. The maximum atomic E-state index is 12.3. The van der Waals surface area contributed by atoms with E-state index in [0.717, 1.165) is 13.1 Å². The Morgan fingerprint density at radius 2 is 2.07 bits per heavy atom. The Balaban J connectivity index is 1.45. The first-order chi connectivity index (χ1) is 12.8. The Hall–Kier alpha value is -2.15. The van der Waals surface area contributed by atoms with Gasteiger partial charge in [-0.25, -0.2) is 0 Å². The van der Waals surface area contributed by atoms with E-state index in [9.17, 15) is 4.79 Å². The van der Waals surface area contributed by atoms with Crippen LogP contribution in [0.2, 0.25) is 0 Å². The molecule has 2 unspecified atom stereocenters. The maximum Gasteiger partial charge on any atom is 0.238 e. The summed E-state index contributed by atoms with van der Waals surface area (Å²) in [6.45, 7) is 11.8. The molecule has 2 aromatic heterocycles. The van der Waals surface area contributed by atoms with Crippen LogP contribution in [-0.4, -0.2) is 46.1 Å². The molecule has 2 atom stereocenters. The topological polar surface area (TPSA) is 84.4 Å². The lowest BCUT2D eigenvalue weighted by molar-refractivity contribution is -0.121. The van der Waals surface area contributed by atoms with Gasteiger partial charge in [-0.1, -0.05) is 19.0 Å². The zero-order valence-electron chi connectivity index (χ0n) is 16.7. The van der Waals surface area contributed by atoms with Crippen molar-refractivity contribution in [3.63, 3.8) is 0 Å². The number of nitrogens with one attached hydrogen (secondary N) is 1. The lowest BCUT2D eigenvalue weighted by Crippen LogP contribution is -2.56. The van der Waals surface area contributed by atoms with Crippen LogP contribution in [-0.2, 0) is 11.2 Å². The predicted molar refractivity (Wildman–Crippen MR) is 102 cm³/mol. The molecule has 3 rings (SSSR count). The molecule has 7 nitrogen and oxygen atoms in total. The average Bonchev–Trinajstić information content (AvgIpc) is 3.28. The summed E-state index contributed by atoms with van der Waals surface area (Å²) in [4.78, 5) is 19.0. The largest absolute Gasteiger partial charge is 0.461 e. The quantitative estimate of drug-likeness (QED) is 0.801. The first kappa shape index (κ1) is 19.6. The fourth-order valence-electron chi connectivity index (χ4n) is 3.76. The van der Waals surface area contributed by atoms with Gasteiger partial charge >= 0.3 is 0 Å². The van der Waals surface area contributed by atoms with E-state index in [1.165, 1.54) is 6.42 Å². The molecule has 0 aromatic carbocycles. The highest BCUT2D eigenvalue weighted by atomic mass is 16.5. The molecule has 148 valence electrons. The highest BCUT2D eigenvalue weighted by Gasteiger charge is 2.32. The predicted octanol–water partition coefficient (Wildman–Crippen LogP) is 3.13. The van der Waals surface area contributed by atoms with Gasteiger partial charge in [0, 0.05) is 38.0 Å². The number of rotatable bonds is 7. The van der Waals surface area contributed by atoms with Gasteiger partial charge in [-0.2, -0.15) is 4.98 Å². The number of aromatic nitrogens is 2. The van der Waals surface area contributed by atoms with Crippen molar-refractivity contribution in [1.29, 1.82) is 0 Å². The van der Waals surface area contributed by atoms with Crippen LogP contribution >= 0.6 is 0 Å². The van der Waals surface area contributed by atoms with E-state index in [0.29, 0.717) is 48.7 Å². The average molecular weight is 374 g/mol. The lowest BCUT2D eigenvalue weighted by Gasteiger charge is -2.45. The third kappa shape index (κ3) is 5.19. The third-order valence-corrected chi connectivity index (χ3v) is 5.22. The van der Waals surface area contributed by atoms with E-state index in [1.54, 1.807) is 18.4 Å². The first-order valence-corrected chi connectivity index (χ1v) is 9.71. The van der Waals surface area contributed by atoms with Crippen molar-refractivity contribution in [3.8, 4) is 11.6 Å². The van der Waals surface area contributed by atoms with E-state index < -0.39 is 0 Å². The van der Waals surface area contributed by atoms with Crippen LogP contribution in [0.5, 0.6) is 0 Å². The van der Waals surface area contributed by atoms with Crippen molar-refractivity contribution >= 4 is 5.91 Å². The van der Waals surface area contributed by atoms with Crippen LogP contribution in [0.4, 0.5) is 0 Å². The molecule has 1 amide bonds. The number of nitrogens with zero attached hydrogens (tertiary/aromatic N) is 3. The standard InChI is InChI=1S/C20H30N4O3/c1-14-10-15(2)12-24(11-14)20(3,4)13-21-17(25)7-8-18-22-19(23-27-18)16-6-5-9-26-16/h5-6,9,14-15H,7-8,10-13H2,1-4H3,(H,21,25). The molecule has 0 bridgehead atoms. The van der Waals surface area contributed by atoms with Crippen LogP contribution in [0.1, 0.15) is 46.4 Å². The number of hydrogen-bond acceptors (Lipinski definition) is 6. The summed E-state index contributed by atoms with van der Waals surface area (Å²) in [5.74, 6) is 2.80. The number of aryl methyl sites for hydroxylation is 1. The van der Waals surface area contributed by atoms with Gasteiger partial charge in [0.05, 0.1) is 6.26 Å². The number of piperidine rings is 1. The second kappa shape index (κ2) is 8.25. The number of carbonyl (C=O) groups excluding carboxylic acids is 1. The zero-order valence-corrected chi connectivity index (χ0v) is 16.7. The Morgan fingerprint density at radius 1 is 1.33 bits per heavy atom. The fraction of sp³-hybridized carbons (Fsp3) is 0.650. The molecule has 3 heterocycles. The Kier molecular flexibility index (Phi) is 5.99. The molecule has 0 radical (unpaired) electrons. The van der Waals surface area contributed by atoms with E-state index in [1.807, 2.05) is 0 Å². The maximum absolute atomic E-state index is 12.3. The minimum absolute atomic E-state index is 0.000991. The van der Waals surface area contributed by atoms with Gasteiger partial charge < -0.3 is 14.3 Å². The zero-order chi connectivity index (χ0) is 19.4. The van der Waals surface area contributed by atoms with Crippen LogP contribution < -0.4 is 5.32 Å².